The van der Waals surface area contributed by atoms with E-state index >= 15 is 0 Å². The molecule has 0 aromatic heterocycles. The minimum atomic E-state index is 0.0674. The van der Waals surface area contributed by atoms with Crippen molar-refractivity contribution in [1.29, 1.82) is 0 Å². The van der Waals surface area contributed by atoms with Crippen LogP contribution in [0.5, 0.6) is 0 Å². The van der Waals surface area contributed by atoms with Gasteiger partial charge < -0.3 is 9.80 Å². The molecule has 1 aromatic carbocycles. The van der Waals surface area contributed by atoms with Gasteiger partial charge in [-0.05, 0) is 42.4 Å². The topological polar surface area (TPSA) is 40.6 Å². The molecule has 3 aliphatic rings. The van der Waals surface area contributed by atoms with E-state index < -0.39 is 0 Å². The lowest BCUT2D eigenvalue weighted by atomic mass is 9.88. The van der Waals surface area contributed by atoms with Gasteiger partial charge in [0.2, 0.25) is 5.91 Å². The number of nitrogens with zero attached hydrogens (tertiary/aromatic N) is 2. The Balaban J connectivity index is 1.45. The number of fused-ring (bicyclic) bond motifs is 1. The second-order valence-corrected chi connectivity index (χ2v) is 7.54. The van der Waals surface area contributed by atoms with Crippen molar-refractivity contribution in [1.82, 2.24) is 9.80 Å². The SMILES string of the molecule is CN1C(=O)C(CC(=O)N2CC=C(c3ccccc3)CC2)=C2CCCCC21. The van der Waals surface area contributed by atoms with Crippen molar-refractivity contribution in [3.05, 3.63) is 53.1 Å². The molecular weight excluding hydrogens is 324 g/mol. The predicted molar refractivity (Wildman–Crippen MR) is 102 cm³/mol. The number of hydrogen-bond acceptors (Lipinski definition) is 2. The van der Waals surface area contributed by atoms with E-state index in [2.05, 4.69) is 18.2 Å². The predicted octanol–water partition coefficient (Wildman–Crippen LogP) is 3.40. The van der Waals surface area contributed by atoms with Gasteiger partial charge in [0.05, 0.1) is 12.5 Å². The molecule has 1 atom stereocenters. The highest BCUT2D eigenvalue weighted by Gasteiger charge is 2.38. The Bertz CT molecular complexity index is 779. The third kappa shape index (κ3) is 3.09. The lowest BCUT2D eigenvalue weighted by Crippen LogP contribution is -2.36. The van der Waals surface area contributed by atoms with Gasteiger partial charge in [0.25, 0.3) is 5.91 Å². The molecule has 2 heterocycles. The zero-order chi connectivity index (χ0) is 18.1. The van der Waals surface area contributed by atoms with E-state index in [1.807, 2.05) is 35.0 Å². The average Bonchev–Trinajstić information content (AvgIpc) is 2.94. The molecule has 0 radical (unpaired) electrons. The molecule has 1 unspecified atom stereocenters. The summed E-state index contributed by atoms with van der Waals surface area (Å²) in [5.74, 6) is 0.154. The highest BCUT2D eigenvalue weighted by molar-refractivity contribution is 6.02. The lowest BCUT2D eigenvalue weighted by Gasteiger charge is -2.27. The van der Waals surface area contributed by atoms with Crippen LogP contribution >= 0.6 is 0 Å². The second kappa shape index (κ2) is 7.10. The van der Waals surface area contributed by atoms with Crippen molar-refractivity contribution in [2.75, 3.05) is 20.1 Å². The second-order valence-electron chi connectivity index (χ2n) is 7.54. The van der Waals surface area contributed by atoms with Crippen LogP contribution in [-0.2, 0) is 9.59 Å². The molecule has 4 heteroatoms. The fourth-order valence-corrected chi connectivity index (χ4v) is 4.53. The zero-order valence-corrected chi connectivity index (χ0v) is 15.4. The summed E-state index contributed by atoms with van der Waals surface area (Å²) in [5, 5.41) is 0. The quantitative estimate of drug-likeness (QED) is 0.838. The van der Waals surface area contributed by atoms with Crippen molar-refractivity contribution in [3.63, 3.8) is 0 Å². The molecule has 2 aliphatic heterocycles. The van der Waals surface area contributed by atoms with E-state index in [4.69, 9.17) is 0 Å². The standard InChI is InChI=1S/C22H26N2O2/c1-23-20-10-6-5-9-18(20)19(22(23)26)15-21(25)24-13-11-17(12-14-24)16-7-3-2-4-8-16/h2-4,7-8,11,20H,5-6,9-10,12-15H2,1H3. The van der Waals surface area contributed by atoms with Crippen molar-refractivity contribution in [2.24, 2.45) is 0 Å². The van der Waals surface area contributed by atoms with E-state index in [1.165, 1.54) is 23.1 Å². The Morgan fingerprint density at radius 1 is 1.15 bits per heavy atom. The Morgan fingerprint density at radius 3 is 2.69 bits per heavy atom. The van der Waals surface area contributed by atoms with Crippen LogP contribution in [-0.4, -0.2) is 47.8 Å². The third-order valence-corrected chi connectivity index (χ3v) is 6.04. The summed E-state index contributed by atoms with van der Waals surface area (Å²) in [6, 6.07) is 10.6. The van der Waals surface area contributed by atoms with Crippen LogP contribution in [0.2, 0.25) is 0 Å². The van der Waals surface area contributed by atoms with E-state index in [-0.39, 0.29) is 24.3 Å². The van der Waals surface area contributed by atoms with Gasteiger partial charge in [-0.15, -0.1) is 0 Å². The maximum atomic E-state index is 12.8. The summed E-state index contributed by atoms with van der Waals surface area (Å²) in [5.41, 5.74) is 4.55. The van der Waals surface area contributed by atoms with Gasteiger partial charge in [-0.25, -0.2) is 0 Å². The maximum Gasteiger partial charge on any atom is 0.250 e. The van der Waals surface area contributed by atoms with Crippen LogP contribution in [0.3, 0.4) is 0 Å². The largest absolute Gasteiger partial charge is 0.338 e. The van der Waals surface area contributed by atoms with Crippen molar-refractivity contribution >= 4 is 17.4 Å². The van der Waals surface area contributed by atoms with Crippen LogP contribution in [0.15, 0.2) is 47.6 Å². The first kappa shape index (κ1) is 17.1. The maximum absolute atomic E-state index is 12.8. The molecule has 0 saturated heterocycles. The molecule has 1 fully saturated rings. The van der Waals surface area contributed by atoms with Crippen LogP contribution < -0.4 is 0 Å². The fraction of sp³-hybridized carbons (Fsp3) is 0.455. The Labute approximate surface area is 155 Å². The summed E-state index contributed by atoms with van der Waals surface area (Å²) in [4.78, 5) is 29.2. The van der Waals surface area contributed by atoms with Gasteiger partial charge in [0.15, 0.2) is 0 Å². The number of rotatable bonds is 3. The summed E-state index contributed by atoms with van der Waals surface area (Å²) in [6.45, 7) is 1.37. The highest BCUT2D eigenvalue weighted by Crippen LogP contribution is 2.37. The van der Waals surface area contributed by atoms with Gasteiger partial charge >= 0.3 is 0 Å². The van der Waals surface area contributed by atoms with Gasteiger partial charge in [0, 0.05) is 25.7 Å². The van der Waals surface area contributed by atoms with E-state index in [1.54, 1.807) is 0 Å². The Kier molecular flexibility index (Phi) is 4.66. The molecule has 1 aliphatic carbocycles. The van der Waals surface area contributed by atoms with Crippen LogP contribution in [0.4, 0.5) is 0 Å². The molecule has 0 spiro atoms. The van der Waals surface area contributed by atoms with E-state index in [0.29, 0.717) is 6.54 Å². The number of likely N-dealkylation sites (N-methyl/N-ethyl adjacent to an activating group) is 1. The van der Waals surface area contributed by atoms with Crippen molar-refractivity contribution in [2.45, 2.75) is 44.6 Å². The van der Waals surface area contributed by atoms with Crippen LogP contribution in [0, 0.1) is 0 Å². The number of hydrogen-bond donors (Lipinski definition) is 0. The minimum Gasteiger partial charge on any atom is -0.338 e. The van der Waals surface area contributed by atoms with E-state index in [9.17, 15) is 9.59 Å². The molecule has 4 rings (SSSR count). The highest BCUT2D eigenvalue weighted by atomic mass is 16.2. The zero-order valence-electron chi connectivity index (χ0n) is 15.4. The number of amides is 2. The molecule has 136 valence electrons. The third-order valence-electron chi connectivity index (χ3n) is 6.04. The van der Waals surface area contributed by atoms with Crippen molar-refractivity contribution in [3.8, 4) is 0 Å². The molecule has 26 heavy (non-hydrogen) atoms. The van der Waals surface area contributed by atoms with Gasteiger partial charge in [-0.2, -0.15) is 0 Å². The molecule has 1 saturated carbocycles. The summed E-state index contributed by atoms with van der Waals surface area (Å²) < 4.78 is 0. The number of carbonyl (C=O) groups excluding carboxylic acids is 2. The average molecular weight is 350 g/mol. The molecule has 2 amide bonds. The molecule has 1 aromatic rings. The minimum absolute atomic E-state index is 0.0674. The number of benzene rings is 1. The van der Waals surface area contributed by atoms with Gasteiger partial charge in [-0.1, -0.05) is 42.8 Å². The molecular formula is C22H26N2O2. The van der Waals surface area contributed by atoms with E-state index in [0.717, 1.165) is 37.8 Å². The normalized spacial score (nSPS) is 23.2. The summed E-state index contributed by atoms with van der Waals surface area (Å²) in [6.07, 6.45) is 7.62. The molecule has 0 bridgehead atoms. The van der Waals surface area contributed by atoms with Gasteiger partial charge in [0.1, 0.15) is 0 Å². The summed E-state index contributed by atoms with van der Waals surface area (Å²) >= 11 is 0. The first-order valence-corrected chi connectivity index (χ1v) is 9.66. The first-order chi connectivity index (χ1) is 12.6. The van der Waals surface area contributed by atoms with Gasteiger partial charge in [-0.3, -0.25) is 9.59 Å². The molecule has 4 nitrogen and oxygen atoms in total. The van der Waals surface area contributed by atoms with Crippen LogP contribution in [0.1, 0.15) is 44.1 Å². The smallest absolute Gasteiger partial charge is 0.250 e. The summed E-state index contributed by atoms with van der Waals surface area (Å²) in [7, 11) is 1.88. The Hall–Kier alpha value is -2.36. The molecule has 0 N–H and O–H groups in total. The first-order valence-electron chi connectivity index (χ1n) is 9.66. The van der Waals surface area contributed by atoms with Crippen molar-refractivity contribution < 1.29 is 9.59 Å². The monoisotopic (exact) mass is 350 g/mol. The number of carbonyl (C=O) groups is 2. The fourth-order valence-electron chi connectivity index (χ4n) is 4.53. The Morgan fingerprint density at radius 2 is 1.96 bits per heavy atom. The lowest BCUT2D eigenvalue weighted by molar-refractivity contribution is -0.132. The van der Waals surface area contributed by atoms with Crippen LogP contribution in [0.25, 0.3) is 5.57 Å².